The van der Waals surface area contributed by atoms with Crippen molar-refractivity contribution in [1.29, 1.82) is 0 Å². The average Bonchev–Trinajstić information content (AvgIpc) is 3.29. The first-order valence-electron chi connectivity index (χ1n) is 8.59. The maximum absolute atomic E-state index is 12.3. The molecule has 6 heteroatoms. The zero-order valence-electron chi connectivity index (χ0n) is 14.3. The fraction of sp³-hybridized carbons (Fsp3) is 0.368. The predicted octanol–water partition coefficient (Wildman–Crippen LogP) is 2.90. The molecule has 0 spiro atoms. The van der Waals surface area contributed by atoms with Crippen molar-refractivity contribution in [2.45, 2.75) is 38.9 Å². The Balaban J connectivity index is 1.49. The lowest BCUT2D eigenvalue weighted by molar-refractivity contribution is 0.0951. The van der Waals surface area contributed by atoms with Crippen molar-refractivity contribution in [3.05, 3.63) is 59.5 Å². The summed E-state index contributed by atoms with van der Waals surface area (Å²) in [5.41, 5.74) is 2.57. The number of rotatable bonds is 7. The molecule has 0 aliphatic heterocycles. The number of carbonyl (C=O) groups is 2. The van der Waals surface area contributed by atoms with Gasteiger partial charge in [-0.05, 0) is 43.5 Å². The summed E-state index contributed by atoms with van der Waals surface area (Å²) in [4.78, 5) is 26.0. The summed E-state index contributed by atoms with van der Waals surface area (Å²) in [6, 6.07) is 9.40. The molecular formula is C19H23N3O3. The van der Waals surface area contributed by atoms with Crippen LogP contribution in [-0.2, 0) is 13.1 Å². The van der Waals surface area contributed by atoms with E-state index in [9.17, 15) is 9.59 Å². The highest BCUT2D eigenvalue weighted by Crippen LogP contribution is 2.19. The number of nitrogens with zero attached hydrogens (tertiary/aromatic N) is 1. The number of amides is 3. The Bertz CT molecular complexity index is 706. The highest BCUT2D eigenvalue weighted by Gasteiger charge is 2.23. The normalized spacial score (nSPS) is 13.3. The monoisotopic (exact) mass is 341 g/mol. The van der Waals surface area contributed by atoms with E-state index in [2.05, 4.69) is 10.6 Å². The second-order valence-corrected chi connectivity index (χ2v) is 6.25. The smallest absolute Gasteiger partial charge is 0.317 e. The molecule has 132 valence electrons. The lowest BCUT2D eigenvalue weighted by Crippen LogP contribution is -2.38. The van der Waals surface area contributed by atoms with Gasteiger partial charge in [0.1, 0.15) is 0 Å². The number of hydrogen-bond acceptors (Lipinski definition) is 3. The standard InChI is InChI=1S/C19H23N3O3/c1-2-22(12-15-9-10-25-13-15)19(24)20-11-14-3-5-16(6-4-14)18(23)21-17-7-8-17/h3-6,9-10,13,17H,2,7-8,11-12H2,1H3,(H,20,24)(H,21,23). The van der Waals surface area contributed by atoms with Gasteiger partial charge in [-0.3, -0.25) is 4.79 Å². The molecule has 0 atom stereocenters. The van der Waals surface area contributed by atoms with Gasteiger partial charge in [0.25, 0.3) is 5.91 Å². The first kappa shape index (κ1) is 17.1. The van der Waals surface area contributed by atoms with Gasteiger partial charge in [-0.15, -0.1) is 0 Å². The Morgan fingerprint density at radius 3 is 2.52 bits per heavy atom. The minimum Gasteiger partial charge on any atom is -0.472 e. The maximum atomic E-state index is 12.3. The molecule has 1 saturated carbocycles. The minimum absolute atomic E-state index is 0.0321. The zero-order valence-corrected chi connectivity index (χ0v) is 14.3. The molecule has 1 aromatic carbocycles. The summed E-state index contributed by atoms with van der Waals surface area (Å²) in [6.07, 6.45) is 5.38. The van der Waals surface area contributed by atoms with Crippen molar-refractivity contribution in [2.24, 2.45) is 0 Å². The Hall–Kier alpha value is -2.76. The van der Waals surface area contributed by atoms with Gasteiger partial charge in [0, 0.05) is 30.3 Å². The lowest BCUT2D eigenvalue weighted by atomic mass is 10.1. The summed E-state index contributed by atoms with van der Waals surface area (Å²) in [7, 11) is 0. The fourth-order valence-electron chi connectivity index (χ4n) is 2.49. The van der Waals surface area contributed by atoms with Crippen LogP contribution in [0.1, 0.15) is 41.3 Å². The molecule has 1 aromatic heterocycles. The number of carbonyl (C=O) groups excluding carboxylic acids is 2. The van der Waals surface area contributed by atoms with E-state index in [1.807, 2.05) is 25.1 Å². The van der Waals surface area contributed by atoms with Gasteiger partial charge in [-0.1, -0.05) is 12.1 Å². The molecule has 0 bridgehead atoms. The molecule has 1 aliphatic rings. The van der Waals surface area contributed by atoms with Crippen molar-refractivity contribution in [3.8, 4) is 0 Å². The van der Waals surface area contributed by atoms with Crippen molar-refractivity contribution < 1.29 is 14.0 Å². The average molecular weight is 341 g/mol. The quantitative estimate of drug-likeness (QED) is 0.813. The minimum atomic E-state index is -0.126. The molecule has 1 heterocycles. The first-order valence-corrected chi connectivity index (χ1v) is 8.59. The highest BCUT2D eigenvalue weighted by atomic mass is 16.3. The highest BCUT2D eigenvalue weighted by molar-refractivity contribution is 5.94. The molecule has 6 nitrogen and oxygen atoms in total. The van der Waals surface area contributed by atoms with E-state index < -0.39 is 0 Å². The van der Waals surface area contributed by atoms with Crippen LogP contribution >= 0.6 is 0 Å². The van der Waals surface area contributed by atoms with Crippen LogP contribution in [0.4, 0.5) is 4.79 Å². The van der Waals surface area contributed by atoms with Crippen molar-refractivity contribution in [3.63, 3.8) is 0 Å². The number of benzene rings is 1. The third-order valence-electron chi connectivity index (χ3n) is 4.19. The van der Waals surface area contributed by atoms with Crippen LogP contribution in [-0.4, -0.2) is 29.4 Å². The number of furan rings is 1. The van der Waals surface area contributed by atoms with Crippen LogP contribution in [0.5, 0.6) is 0 Å². The van der Waals surface area contributed by atoms with E-state index in [-0.39, 0.29) is 11.9 Å². The van der Waals surface area contributed by atoms with Crippen molar-refractivity contribution in [2.75, 3.05) is 6.54 Å². The van der Waals surface area contributed by atoms with E-state index in [1.54, 1.807) is 29.6 Å². The summed E-state index contributed by atoms with van der Waals surface area (Å²) < 4.78 is 5.04. The van der Waals surface area contributed by atoms with Gasteiger partial charge in [0.05, 0.1) is 19.1 Å². The van der Waals surface area contributed by atoms with Gasteiger partial charge in [0.15, 0.2) is 0 Å². The van der Waals surface area contributed by atoms with Crippen molar-refractivity contribution in [1.82, 2.24) is 15.5 Å². The Morgan fingerprint density at radius 2 is 1.92 bits per heavy atom. The second-order valence-electron chi connectivity index (χ2n) is 6.25. The molecule has 0 saturated heterocycles. The molecular weight excluding hydrogens is 318 g/mol. The third-order valence-corrected chi connectivity index (χ3v) is 4.19. The molecule has 3 amide bonds. The Labute approximate surface area is 147 Å². The molecule has 0 unspecified atom stereocenters. The summed E-state index contributed by atoms with van der Waals surface area (Å²) in [5, 5.41) is 5.87. The Morgan fingerprint density at radius 1 is 1.16 bits per heavy atom. The maximum Gasteiger partial charge on any atom is 0.317 e. The number of hydrogen-bond donors (Lipinski definition) is 2. The first-order chi connectivity index (χ1) is 12.2. The van der Waals surface area contributed by atoms with Crippen LogP contribution in [0.25, 0.3) is 0 Å². The second kappa shape index (κ2) is 7.88. The zero-order chi connectivity index (χ0) is 17.6. The van der Waals surface area contributed by atoms with Gasteiger partial charge in [-0.2, -0.15) is 0 Å². The molecule has 25 heavy (non-hydrogen) atoms. The summed E-state index contributed by atoms with van der Waals surface area (Å²) in [5.74, 6) is -0.0321. The molecule has 2 N–H and O–H groups in total. The number of nitrogens with one attached hydrogen (secondary N) is 2. The topological polar surface area (TPSA) is 74.6 Å². The van der Waals surface area contributed by atoms with Gasteiger partial charge in [-0.25, -0.2) is 4.79 Å². The number of urea groups is 1. The van der Waals surface area contributed by atoms with Gasteiger partial charge < -0.3 is 20.0 Å². The lowest BCUT2D eigenvalue weighted by Gasteiger charge is -2.20. The largest absolute Gasteiger partial charge is 0.472 e. The van der Waals surface area contributed by atoms with E-state index in [4.69, 9.17) is 4.42 Å². The Kier molecular flexibility index (Phi) is 5.38. The van der Waals surface area contributed by atoms with Gasteiger partial charge >= 0.3 is 6.03 Å². The molecule has 0 radical (unpaired) electrons. The summed E-state index contributed by atoms with van der Waals surface area (Å²) >= 11 is 0. The molecule has 3 rings (SSSR count). The SMILES string of the molecule is CCN(Cc1ccoc1)C(=O)NCc1ccc(C(=O)NC2CC2)cc1. The van der Waals surface area contributed by atoms with E-state index in [0.29, 0.717) is 31.2 Å². The van der Waals surface area contributed by atoms with Crippen LogP contribution in [0, 0.1) is 0 Å². The molecule has 1 fully saturated rings. The fourth-order valence-corrected chi connectivity index (χ4v) is 2.49. The molecule has 2 aromatic rings. The van der Waals surface area contributed by atoms with E-state index in [1.165, 1.54) is 0 Å². The molecule has 1 aliphatic carbocycles. The third kappa shape index (κ3) is 4.86. The van der Waals surface area contributed by atoms with Crippen molar-refractivity contribution >= 4 is 11.9 Å². The summed E-state index contributed by atoms with van der Waals surface area (Å²) in [6.45, 7) is 3.48. The van der Waals surface area contributed by atoms with Crippen LogP contribution in [0.15, 0.2) is 47.3 Å². The van der Waals surface area contributed by atoms with Crippen LogP contribution in [0.2, 0.25) is 0 Å². The van der Waals surface area contributed by atoms with Crippen LogP contribution < -0.4 is 10.6 Å². The van der Waals surface area contributed by atoms with E-state index >= 15 is 0 Å². The van der Waals surface area contributed by atoms with Gasteiger partial charge in [0.2, 0.25) is 0 Å². The van der Waals surface area contributed by atoms with Crippen LogP contribution in [0.3, 0.4) is 0 Å². The predicted molar refractivity (Wildman–Crippen MR) is 94.0 cm³/mol. The van der Waals surface area contributed by atoms with E-state index in [0.717, 1.165) is 24.0 Å².